The van der Waals surface area contributed by atoms with Gasteiger partial charge in [-0.15, -0.1) is 0 Å². The Morgan fingerprint density at radius 3 is 2.44 bits per heavy atom. The number of carbonyl (C=O) groups is 1. The molecule has 3 rings (SSSR count). The van der Waals surface area contributed by atoms with Gasteiger partial charge in [0.15, 0.2) is 0 Å². The maximum Gasteiger partial charge on any atom is 0.232 e. The van der Waals surface area contributed by atoms with Gasteiger partial charge in [0.2, 0.25) is 5.91 Å². The lowest BCUT2D eigenvalue weighted by molar-refractivity contribution is -0.121. The zero-order valence-electron chi connectivity index (χ0n) is 14.3. The summed E-state index contributed by atoms with van der Waals surface area (Å²) in [5.74, 6) is 0.334. The van der Waals surface area contributed by atoms with E-state index in [4.69, 9.17) is 9.47 Å². The zero-order chi connectivity index (χ0) is 17.6. The Bertz CT molecular complexity index is 687. The first-order valence-electron chi connectivity index (χ1n) is 8.49. The van der Waals surface area contributed by atoms with Crippen LogP contribution in [-0.4, -0.2) is 36.9 Å². The first-order valence-corrected chi connectivity index (χ1v) is 8.49. The number of hydrogen-bond acceptors (Lipinski definition) is 4. The van der Waals surface area contributed by atoms with Gasteiger partial charge in [-0.05, 0) is 29.8 Å². The van der Waals surface area contributed by atoms with E-state index >= 15 is 0 Å². The van der Waals surface area contributed by atoms with E-state index in [2.05, 4.69) is 0 Å². The number of aliphatic hydroxyl groups is 1. The highest BCUT2D eigenvalue weighted by atomic mass is 16.5. The molecule has 1 aliphatic rings. The van der Waals surface area contributed by atoms with Crippen LogP contribution in [0.2, 0.25) is 0 Å². The zero-order valence-corrected chi connectivity index (χ0v) is 14.3. The standard InChI is InChI=1S/C20H23NO4/c1-15-19(22)13-21(20(15)23)17-7-9-18(10-8-17)25-12-11-24-14-16-5-3-2-4-6-16/h2-10,15,19,22H,11-14H2,1H3. The number of carbonyl (C=O) groups excluding carboxylic acids is 1. The minimum Gasteiger partial charge on any atom is -0.491 e. The van der Waals surface area contributed by atoms with Gasteiger partial charge in [0, 0.05) is 5.69 Å². The first kappa shape index (κ1) is 17.5. The fourth-order valence-corrected chi connectivity index (χ4v) is 2.78. The second kappa shape index (κ2) is 8.14. The third-order valence-corrected chi connectivity index (χ3v) is 4.36. The van der Waals surface area contributed by atoms with Crippen LogP contribution < -0.4 is 9.64 Å². The minimum atomic E-state index is -0.606. The molecule has 1 fully saturated rings. The number of aliphatic hydroxyl groups excluding tert-OH is 1. The van der Waals surface area contributed by atoms with Crippen LogP contribution in [0.15, 0.2) is 54.6 Å². The van der Waals surface area contributed by atoms with E-state index in [1.807, 2.05) is 54.6 Å². The summed E-state index contributed by atoms with van der Waals surface area (Å²) in [5, 5.41) is 9.80. The van der Waals surface area contributed by atoms with Crippen molar-refractivity contribution in [2.24, 2.45) is 5.92 Å². The first-order chi connectivity index (χ1) is 12.1. The van der Waals surface area contributed by atoms with Crippen molar-refractivity contribution < 1.29 is 19.4 Å². The predicted octanol–water partition coefficient (Wildman–Crippen LogP) is 2.63. The summed E-state index contributed by atoms with van der Waals surface area (Å²) < 4.78 is 11.2. The topological polar surface area (TPSA) is 59.0 Å². The van der Waals surface area contributed by atoms with Gasteiger partial charge in [0.1, 0.15) is 12.4 Å². The van der Waals surface area contributed by atoms with Crippen LogP contribution in [0.25, 0.3) is 0 Å². The Balaban J connectivity index is 1.43. The molecule has 0 radical (unpaired) electrons. The third kappa shape index (κ3) is 4.38. The number of benzene rings is 2. The van der Waals surface area contributed by atoms with E-state index in [1.54, 1.807) is 11.8 Å². The van der Waals surface area contributed by atoms with Crippen molar-refractivity contribution in [1.29, 1.82) is 0 Å². The Morgan fingerprint density at radius 2 is 1.80 bits per heavy atom. The van der Waals surface area contributed by atoms with Gasteiger partial charge in [-0.1, -0.05) is 37.3 Å². The quantitative estimate of drug-likeness (QED) is 0.787. The second-order valence-corrected chi connectivity index (χ2v) is 6.19. The van der Waals surface area contributed by atoms with E-state index < -0.39 is 6.10 Å². The van der Waals surface area contributed by atoms with Crippen molar-refractivity contribution in [2.45, 2.75) is 19.6 Å². The molecule has 1 heterocycles. The van der Waals surface area contributed by atoms with Crippen LogP contribution in [0.5, 0.6) is 5.75 Å². The van der Waals surface area contributed by atoms with Gasteiger partial charge >= 0.3 is 0 Å². The Hall–Kier alpha value is -2.37. The maximum atomic E-state index is 12.1. The maximum absolute atomic E-state index is 12.1. The highest BCUT2D eigenvalue weighted by Gasteiger charge is 2.36. The van der Waals surface area contributed by atoms with Gasteiger partial charge in [0.05, 0.1) is 31.8 Å². The monoisotopic (exact) mass is 341 g/mol. The molecule has 0 saturated carbocycles. The minimum absolute atomic E-state index is 0.0459. The summed E-state index contributed by atoms with van der Waals surface area (Å²) in [6.45, 7) is 3.63. The van der Waals surface area contributed by atoms with Crippen molar-refractivity contribution in [3.63, 3.8) is 0 Å². The van der Waals surface area contributed by atoms with Crippen LogP contribution in [0.1, 0.15) is 12.5 Å². The van der Waals surface area contributed by atoms with Crippen molar-refractivity contribution in [3.8, 4) is 5.75 Å². The summed E-state index contributed by atoms with van der Waals surface area (Å²) >= 11 is 0. The molecule has 1 amide bonds. The van der Waals surface area contributed by atoms with Crippen molar-refractivity contribution >= 4 is 11.6 Å². The highest BCUT2D eigenvalue weighted by Crippen LogP contribution is 2.26. The van der Waals surface area contributed by atoms with Gasteiger partial charge in [-0.3, -0.25) is 4.79 Å². The highest BCUT2D eigenvalue weighted by molar-refractivity contribution is 5.97. The molecule has 25 heavy (non-hydrogen) atoms. The normalized spacial score (nSPS) is 20.1. The second-order valence-electron chi connectivity index (χ2n) is 6.19. The SMILES string of the molecule is CC1C(=O)N(c2ccc(OCCOCc3ccccc3)cc2)CC1O. The van der Waals surface area contributed by atoms with Crippen molar-refractivity contribution in [3.05, 3.63) is 60.2 Å². The molecule has 132 valence electrons. The Morgan fingerprint density at radius 1 is 1.08 bits per heavy atom. The molecule has 5 nitrogen and oxygen atoms in total. The largest absolute Gasteiger partial charge is 0.491 e. The molecular weight excluding hydrogens is 318 g/mol. The number of nitrogens with zero attached hydrogens (tertiary/aromatic N) is 1. The molecule has 2 unspecified atom stereocenters. The summed E-state index contributed by atoms with van der Waals surface area (Å²) in [4.78, 5) is 13.7. The van der Waals surface area contributed by atoms with E-state index in [0.29, 0.717) is 26.4 Å². The van der Waals surface area contributed by atoms with E-state index in [9.17, 15) is 9.90 Å². The smallest absolute Gasteiger partial charge is 0.232 e. The van der Waals surface area contributed by atoms with E-state index in [-0.39, 0.29) is 11.8 Å². The summed E-state index contributed by atoms with van der Waals surface area (Å²) in [5.41, 5.74) is 1.92. The average molecular weight is 341 g/mol. The molecule has 2 aromatic carbocycles. The Labute approximate surface area is 147 Å². The molecule has 1 aliphatic heterocycles. The van der Waals surface area contributed by atoms with E-state index in [1.165, 1.54) is 0 Å². The lowest BCUT2D eigenvalue weighted by Crippen LogP contribution is -2.26. The molecule has 0 aliphatic carbocycles. The summed E-state index contributed by atoms with van der Waals surface area (Å²) in [7, 11) is 0. The van der Waals surface area contributed by atoms with Crippen molar-refractivity contribution in [2.75, 3.05) is 24.7 Å². The number of rotatable bonds is 7. The number of hydrogen-bond donors (Lipinski definition) is 1. The molecule has 0 bridgehead atoms. The number of anilines is 1. The molecule has 5 heteroatoms. The third-order valence-electron chi connectivity index (χ3n) is 4.36. The lowest BCUT2D eigenvalue weighted by Gasteiger charge is -2.16. The van der Waals surface area contributed by atoms with E-state index in [0.717, 1.165) is 17.0 Å². The Kier molecular flexibility index (Phi) is 5.68. The average Bonchev–Trinajstić information content (AvgIpc) is 2.90. The van der Waals surface area contributed by atoms with Gasteiger partial charge in [-0.2, -0.15) is 0 Å². The van der Waals surface area contributed by atoms with Gasteiger partial charge in [0.25, 0.3) is 0 Å². The molecule has 1 saturated heterocycles. The fourth-order valence-electron chi connectivity index (χ4n) is 2.78. The fraction of sp³-hybridized carbons (Fsp3) is 0.350. The number of ether oxygens (including phenoxy) is 2. The molecule has 2 atom stereocenters. The summed E-state index contributed by atoms with van der Waals surface area (Å²) in [6.07, 6.45) is -0.606. The lowest BCUT2D eigenvalue weighted by atomic mass is 10.1. The molecular formula is C20H23NO4. The van der Waals surface area contributed by atoms with Crippen molar-refractivity contribution in [1.82, 2.24) is 0 Å². The molecule has 0 aromatic heterocycles. The number of β-amino-alcohol motifs (C(OH)–C–C–N with tert-alkyl or cyclic N) is 1. The van der Waals surface area contributed by atoms with Crippen LogP contribution in [0, 0.1) is 5.92 Å². The predicted molar refractivity (Wildman–Crippen MR) is 95.6 cm³/mol. The van der Waals surface area contributed by atoms with Gasteiger partial charge < -0.3 is 19.5 Å². The van der Waals surface area contributed by atoms with Crippen LogP contribution in [0.3, 0.4) is 0 Å². The van der Waals surface area contributed by atoms with Gasteiger partial charge in [-0.25, -0.2) is 0 Å². The molecule has 0 spiro atoms. The molecule has 2 aromatic rings. The number of amides is 1. The van der Waals surface area contributed by atoms with Crippen LogP contribution in [0.4, 0.5) is 5.69 Å². The summed E-state index contributed by atoms with van der Waals surface area (Å²) in [6, 6.07) is 17.3. The molecule has 1 N–H and O–H groups in total. The van der Waals surface area contributed by atoms with Crippen LogP contribution in [-0.2, 0) is 16.1 Å². The van der Waals surface area contributed by atoms with Crippen LogP contribution >= 0.6 is 0 Å².